The Labute approximate surface area is 132 Å². The van der Waals surface area contributed by atoms with Crippen LogP contribution in [0.3, 0.4) is 0 Å². The number of hydrogen-bond acceptors (Lipinski definition) is 3. The fourth-order valence-corrected chi connectivity index (χ4v) is 3.16. The summed E-state index contributed by atoms with van der Waals surface area (Å²) >= 11 is 0. The first-order valence-corrected chi connectivity index (χ1v) is 7.95. The second-order valence-corrected chi connectivity index (χ2v) is 6.20. The molecule has 1 aromatic carbocycles. The fourth-order valence-electron chi connectivity index (χ4n) is 3.16. The highest BCUT2D eigenvalue weighted by molar-refractivity contribution is 5.86. The minimum Gasteiger partial charge on any atom is -0.464 e. The first kappa shape index (κ1) is 16.5. The SMILES string of the molecule is CCOC(=O)C1CC(C)CN1C(=O)Cc1c(C)cccc1C. The molecule has 0 N–H and O–H groups in total. The van der Waals surface area contributed by atoms with Gasteiger partial charge in [0.25, 0.3) is 0 Å². The number of carbonyl (C=O) groups is 2. The summed E-state index contributed by atoms with van der Waals surface area (Å²) in [4.78, 5) is 26.5. The first-order chi connectivity index (χ1) is 10.4. The van der Waals surface area contributed by atoms with Crippen molar-refractivity contribution in [3.8, 4) is 0 Å². The highest BCUT2D eigenvalue weighted by Gasteiger charge is 2.38. The van der Waals surface area contributed by atoms with Crippen molar-refractivity contribution in [2.75, 3.05) is 13.2 Å². The Morgan fingerprint density at radius 1 is 1.27 bits per heavy atom. The van der Waals surface area contributed by atoms with E-state index in [-0.39, 0.29) is 11.9 Å². The second-order valence-electron chi connectivity index (χ2n) is 6.20. The summed E-state index contributed by atoms with van der Waals surface area (Å²) in [5.74, 6) is 0.0674. The van der Waals surface area contributed by atoms with Crippen molar-refractivity contribution in [3.63, 3.8) is 0 Å². The van der Waals surface area contributed by atoms with Gasteiger partial charge in [-0.2, -0.15) is 0 Å². The van der Waals surface area contributed by atoms with E-state index in [4.69, 9.17) is 4.74 Å². The molecule has 0 bridgehead atoms. The molecule has 1 aromatic rings. The van der Waals surface area contributed by atoms with Crippen molar-refractivity contribution in [2.45, 2.75) is 46.6 Å². The number of amides is 1. The number of carbonyl (C=O) groups excluding carboxylic acids is 2. The first-order valence-electron chi connectivity index (χ1n) is 7.95. The number of aryl methyl sites for hydroxylation is 2. The Kier molecular flexibility index (Phi) is 5.22. The van der Waals surface area contributed by atoms with Gasteiger partial charge in [-0.05, 0) is 49.8 Å². The minimum absolute atomic E-state index is 0.0137. The van der Waals surface area contributed by atoms with Crippen LogP contribution in [-0.2, 0) is 20.7 Å². The molecule has 4 nitrogen and oxygen atoms in total. The molecule has 2 rings (SSSR count). The predicted octanol–water partition coefficient (Wildman–Crippen LogP) is 2.65. The van der Waals surface area contributed by atoms with Crippen LogP contribution in [0.2, 0.25) is 0 Å². The van der Waals surface area contributed by atoms with Crippen LogP contribution in [0.5, 0.6) is 0 Å². The molecule has 1 fully saturated rings. The van der Waals surface area contributed by atoms with Gasteiger partial charge in [0.15, 0.2) is 0 Å². The highest BCUT2D eigenvalue weighted by atomic mass is 16.5. The minimum atomic E-state index is -0.424. The van der Waals surface area contributed by atoms with Gasteiger partial charge in [-0.15, -0.1) is 0 Å². The van der Waals surface area contributed by atoms with Crippen LogP contribution in [0.4, 0.5) is 0 Å². The van der Waals surface area contributed by atoms with Gasteiger partial charge < -0.3 is 9.64 Å². The lowest BCUT2D eigenvalue weighted by Crippen LogP contribution is -2.42. The van der Waals surface area contributed by atoms with E-state index in [2.05, 4.69) is 6.92 Å². The average molecular weight is 303 g/mol. The third kappa shape index (κ3) is 3.49. The monoisotopic (exact) mass is 303 g/mol. The Morgan fingerprint density at radius 2 is 1.91 bits per heavy atom. The molecule has 1 heterocycles. The smallest absolute Gasteiger partial charge is 0.328 e. The van der Waals surface area contributed by atoms with E-state index < -0.39 is 6.04 Å². The second kappa shape index (κ2) is 6.95. The van der Waals surface area contributed by atoms with Gasteiger partial charge in [-0.1, -0.05) is 25.1 Å². The zero-order valence-corrected chi connectivity index (χ0v) is 13.9. The van der Waals surface area contributed by atoms with Crippen molar-refractivity contribution in [1.82, 2.24) is 4.90 Å². The molecule has 0 aliphatic carbocycles. The maximum absolute atomic E-state index is 12.7. The molecule has 120 valence electrons. The molecule has 0 saturated carbocycles. The summed E-state index contributed by atoms with van der Waals surface area (Å²) in [6.45, 7) is 8.88. The quantitative estimate of drug-likeness (QED) is 0.803. The summed E-state index contributed by atoms with van der Waals surface area (Å²) in [5, 5.41) is 0. The summed E-state index contributed by atoms with van der Waals surface area (Å²) in [7, 11) is 0. The third-order valence-corrected chi connectivity index (χ3v) is 4.36. The van der Waals surface area contributed by atoms with Crippen molar-refractivity contribution < 1.29 is 14.3 Å². The Balaban J connectivity index is 2.15. The van der Waals surface area contributed by atoms with Gasteiger partial charge in [0.1, 0.15) is 6.04 Å². The molecule has 1 aliphatic rings. The number of benzene rings is 1. The van der Waals surface area contributed by atoms with Crippen LogP contribution >= 0.6 is 0 Å². The lowest BCUT2D eigenvalue weighted by atomic mass is 9.99. The summed E-state index contributed by atoms with van der Waals surface area (Å²) in [6.07, 6.45) is 1.04. The van der Waals surface area contributed by atoms with Gasteiger partial charge in [0.2, 0.25) is 5.91 Å². The molecule has 4 heteroatoms. The molecule has 1 saturated heterocycles. The largest absolute Gasteiger partial charge is 0.464 e. The Hall–Kier alpha value is -1.84. The fraction of sp³-hybridized carbons (Fsp3) is 0.556. The number of esters is 1. The Bertz CT molecular complexity index is 547. The van der Waals surface area contributed by atoms with Gasteiger partial charge in [-0.25, -0.2) is 4.79 Å². The van der Waals surface area contributed by atoms with E-state index in [0.717, 1.165) is 16.7 Å². The summed E-state index contributed by atoms with van der Waals surface area (Å²) in [5.41, 5.74) is 3.30. The average Bonchev–Trinajstić information content (AvgIpc) is 2.85. The third-order valence-electron chi connectivity index (χ3n) is 4.36. The van der Waals surface area contributed by atoms with Crippen molar-refractivity contribution in [3.05, 3.63) is 34.9 Å². The molecule has 0 aromatic heterocycles. The van der Waals surface area contributed by atoms with E-state index in [1.807, 2.05) is 32.0 Å². The van der Waals surface area contributed by atoms with Crippen LogP contribution < -0.4 is 0 Å². The van der Waals surface area contributed by atoms with E-state index in [1.54, 1.807) is 11.8 Å². The lowest BCUT2D eigenvalue weighted by Gasteiger charge is -2.24. The maximum atomic E-state index is 12.7. The number of hydrogen-bond donors (Lipinski definition) is 0. The normalized spacial score (nSPS) is 21.0. The molecular weight excluding hydrogens is 278 g/mol. The van der Waals surface area contributed by atoms with E-state index >= 15 is 0 Å². The number of rotatable bonds is 4. The van der Waals surface area contributed by atoms with Crippen LogP contribution in [0.25, 0.3) is 0 Å². The topological polar surface area (TPSA) is 46.6 Å². The van der Waals surface area contributed by atoms with Gasteiger partial charge in [-0.3, -0.25) is 4.79 Å². The maximum Gasteiger partial charge on any atom is 0.328 e. The van der Waals surface area contributed by atoms with Crippen LogP contribution in [0.15, 0.2) is 18.2 Å². The molecule has 0 radical (unpaired) electrons. The van der Waals surface area contributed by atoms with Gasteiger partial charge in [0, 0.05) is 6.54 Å². The molecule has 0 spiro atoms. The van der Waals surface area contributed by atoms with Crippen molar-refractivity contribution in [1.29, 1.82) is 0 Å². The lowest BCUT2D eigenvalue weighted by molar-refractivity contribution is -0.152. The standard InChI is InChI=1S/C18H25NO3/c1-5-22-18(21)16-9-12(2)11-19(16)17(20)10-15-13(3)7-6-8-14(15)4/h6-8,12,16H,5,9-11H2,1-4H3. The highest BCUT2D eigenvalue weighted by Crippen LogP contribution is 2.25. The summed E-state index contributed by atoms with van der Waals surface area (Å²) in [6, 6.07) is 5.61. The molecule has 22 heavy (non-hydrogen) atoms. The van der Waals surface area contributed by atoms with E-state index in [9.17, 15) is 9.59 Å². The molecule has 2 atom stereocenters. The number of ether oxygens (including phenoxy) is 1. The molecular formula is C18H25NO3. The van der Waals surface area contributed by atoms with E-state index in [1.165, 1.54) is 0 Å². The van der Waals surface area contributed by atoms with Gasteiger partial charge in [0.05, 0.1) is 13.0 Å². The summed E-state index contributed by atoms with van der Waals surface area (Å²) < 4.78 is 5.12. The predicted molar refractivity (Wildman–Crippen MR) is 85.5 cm³/mol. The van der Waals surface area contributed by atoms with E-state index in [0.29, 0.717) is 31.9 Å². The molecule has 1 aliphatic heterocycles. The number of likely N-dealkylation sites (tertiary alicyclic amines) is 1. The number of nitrogens with zero attached hydrogens (tertiary/aromatic N) is 1. The van der Waals surface area contributed by atoms with Crippen LogP contribution in [0.1, 0.15) is 37.0 Å². The van der Waals surface area contributed by atoms with Crippen LogP contribution in [-0.4, -0.2) is 36.0 Å². The zero-order chi connectivity index (χ0) is 16.3. The van der Waals surface area contributed by atoms with Crippen molar-refractivity contribution >= 4 is 11.9 Å². The van der Waals surface area contributed by atoms with Crippen molar-refractivity contribution in [2.24, 2.45) is 5.92 Å². The zero-order valence-electron chi connectivity index (χ0n) is 13.9. The Morgan fingerprint density at radius 3 is 2.50 bits per heavy atom. The molecule has 1 amide bonds. The molecule has 2 unspecified atom stereocenters. The van der Waals surface area contributed by atoms with Crippen LogP contribution in [0, 0.1) is 19.8 Å². The van der Waals surface area contributed by atoms with Gasteiger partial charge >= 0.3 is 5.97 Å².